The molecule has 0 saturated heterocycles. The van der Waals surface area contributed by atoms with Crippen molar-refractivity contribution in [2.45, 2.75) is 0 Å². The van der Waals surface area contributed by atoms with E-state index in [0.29, 0.717) is 5.69 Å². The zero-order chi connectivity index (χ0) is 24.3. The first-order valence-electron chi connectivity index (χ1n) is 11.5. The van der Waals surface area contributed by atoms with E-state index in [0.717, 1.165) is 44.8 Å². The van der Waals surface area contributed by atoms with E-state index in [9.17, 15) is 4.79 Å². The van der Waals surface area contributed by atoms with Crippen LogP contribution in [0.3, 0.4) is 0 Å². The minimum Gasteiger partial charge on any atom is -0.459 e. The normalized spacial score (nSPS) is 10.9. The number of pyridine rings is 1. The number of aromatic amines is 1. The fraction of sp³-hybridized carbons (Fsp3) is 0. The number of H-pyrrole nitrogens is 1. The third-order valence-electron chi connectivity index (χ3n) is 5.87. The maximum Gasteiger partial charge on any atom is 0.291 e. The van der Waals surface area contributed by atoms with Crippen LogP contribution in [0.5, 0.6) is 11.5 Å². The molecule has 1 amide bonds. The summed E-state index contributed by atoms with van der Waals surface area (Å²) in [6.07, 6.45) is 5.28. The van der Waals surface area contributed by atoms with Crippen LogP contribution in [0.15, 0.2) is 120 Å². The topological polar surface area (TPSA) is 80.2 Å². The van der Waals surface area contributed by atoms with E-state index in [1.807, 2.05) is 97.3 Å². The molecule has 2 N–H and O–H groups in total. The number of carbonyl (C=O) groups is 1. The van der Waals surface area contributed by atoms with Crippen LogP contribution < -0.4 is 10.1 Å². The number of aromatic nitrogens is 2. The Hall–Kier alpha value is -5.10. The van der Waals surface area contributed by atoms with E-state index in [-0.39, 0.29) is 11.7 Å². The van der Waals surface area contributed by atoms with Crippen molar-refractivity contribution >= 4 is 22.6 Å². The molecule has 3 aromatic carbocycles. The number of fused-ring (bicyclic) bond motifs is 1. The van der Waals surface area contributed by atoms with Gasteiger partial charge >= 0.3 is 0 Å². The summed E-state index contributed by atoms with van der Waals surface area (Å²) < 4.78 is 11.8. The van der Waals surface area contributed by atoms with E-state index in [2.05, 4.69) is 21.4 Å². The number of carbonyl (C=O) groups excluding carboxylic acids is 1. The molecule has 0 spiro atoms. The quantitative estimate of drug-likeness (QED) is 0.263. The molecule has 0 aliphatic heterocycles. The van der Waals surface area contributed by atoms with Crippen molar-refractivity contribution in [2.24, 2.45) is 0 Å². The minimum absolute atomic E-state index is 0.230. The molecule has 0 atom stereocenters. The number of anilines is 1. The third-order valence-corrected chi connectivity index (χ3v) is 5.87. The summed E-state index contributed by atoms with van der Waals surface area (Å²) >= 11 is 0. The summed E-state index contributed by atoms with van der Waals surface area (Å²) in [5, 5.41) is 3.76. The van der Waals surface area contributed by atoms with Crippen molar-refractivity contribution in [3.63, 3.8) is 0 Å². The second kappa shape index (κ2) is 9.27. The minimum atomic E-state index is -0.307. The highest BCUT2D eigenvalue weighted by molar-refractivity contribution is 6.04. The predicted molar refractivity (Wildman–Crippen MR) is 140 cm³/mol. The van der Waals surface area contributed by atoms with Crippen LogP contribution in [0.4, 0.5) is 5.69 Å². The predicted octanol–water partition coefficient (Wildman–Crippen LogP) is 7.53. The first-order chi connectivity index (χ1) is 17.7. The number of hydrogen-bond acceptors (Lipinski definition) is 4. The van der Waals surface area contributed by atoms with Crippen molar-refractivity contribution in [2.75, 3.05) is 5.32 Å². The second-order valence-electron chi connectivity index (χ2n) is 8.25. The highest BCUT2D eigenvalue weighted by atomic mass is 16.5. The van der Waals surface area contributed by atoms with Crippen molar-refractivity contribution in [3.05, 3.63) is 121 Å². The van der Waals surface area contributed by atoms with Gasteiger partial charge in [0.2, 0.25) is 0 Å². The average molecular weight is 472 g/mol. The molecule has 0 fully saturated rings. The molecule has 6 aromatic rings. The van der Waals surface area contributed by atoms with Gasteiger partial charge in [-0.2, -0.15) is 0 Å². The van der Waals surface area contributed by atoms with E-state index in [4.69, 9.17) is 9.15 Å². The van der Waals surface area contributed by atoms with Gasteiger partial charge in [0.25, 0.3) is 5.91 Å². The molecule has 36 heavy (non-hydrogen) atoms. The lowest BCUT2D eigenvalue weighted by molar-refractivity contribution is 0.0996. The van der Waals surface area contributed by atoms with Crippen LogP contribution in [-0.4, -0.2) is 15.9 Å². The lowest BCUT2D eigenvalue weighted by Gasteiger charge is -2.11. The maximum atomic E-state index is 12.6. The van der Waals surface area contributed by atoms with Gasteiger partial charge in [0.15, 0.2) is 5.76 Å². The second-order valence-corrected chi connectivity index (χ2v) is 8.25. The Kier molecular flexibility index (Phi) is 5.52. The summed E-state index contributed by atoms with van der Waals surface area (Å²) in [7, 11) is 0. The third kappa shape index (κ3) is 4.23. The van der Waals surface area contributed by atoms with Crippen molar-refractivity contribution in [3.8, 4) is 33.8 Å². The lowest BCUT2D eigenvalue weighted by Crippen LogP contribution is -2.10. The van der Waals surface area contributed by atoms with Crippen LogP contribution in [-0.2, 0) is 0 Å². The molecule has 0 radical (unpaired) electrons. The van der Waals surface area contributed by atoms with Gasteiger partial charge in [0.1, 0.15) is 17.1 Å². The molecule has 3 heterocycles. The number of ether oxygens (including phenoxy) is 1. The Morgan fingerprint density at radius 3 is 2.42 bits per heavy atom. The largest absolute Gasteiger partial charge is 0.459 e. The Labute approximate surface area is 207 Å². The molecule has 0 saturated carbocycles. The molecule has 174 valence electrons. The maximum absolute atomic E-state index is 12.6. The fourth-order valence-electron chi connectivity index (χ4n) is 4.11. The van der Waals surface area contributed by atoms with Crippen LogP contribution in [0.25, 0.3) is 33.3 Å². The van der Waals surface area contributed by atoms with Gasteiger partial charge in [-0.15, -0.1) is 0 Å². The zero-order valence-electron chi connectivity index (χ0n) is 19.1. The molecule has 6 nitrogen and oxygen atoms in total. The van der Waals surface area contributed by atoms with Gasteiger partial charge < -0.3 is 19.5 Å². The summed E-state index contributed by atoms with van der Waals surface area (Å²) in [5.41, 5.74) is 4.97. The van der Waals surface area contributed by atoms with Gasteiger partial charge in [-0.05, 0) is 42.5 Å². The van der Waals surface area contributed by atoms with Crippen molar-refractivity contribution in [1.29, 1.82) is 0 Å². The fourth-order valence-corrected chi connectivity index (χ4v) is 4.11. The highest BCUT2D eigenvalue weighted by Gasteiger charge is 2.16. The number of nitrogens with one attached hydrogen (secondary N) is 2. The number of amides is 1. The van der Waals surface area contributed by atoms with Crippen molar-refractivity contribution < 1.29 is 13.9 Å². The first kappa shape index (κ1) is 21.4. The summed E-state index contributed by atoms with van der Waals surface area (Å²) in [4.78, 5) is 20.5. The number of furan rings is 1. The van der Waals surface area contributed by atoms with Crippen LogP contribution >= 0.6 is 0 Å². The molecule has 0 bridgehead atoms. The van der Waals surface area contributed by atoms with E-state index in [1.54, 1.807) is 12.3 Å². The first-order valence-corrected chi connectivity index (χ1v) is 11.5. The summed E-state index contributed by atoms with van der Waals surface area (Å²) in [5.74, 6) is 1.43. The van der Waals surface area contributed by atoms with Gasteiger partial charge in [-0.25, -0.2) is 4.98 Å². The number of nitrogens with zero attached hydrogens (tertiary/aromatic N) is 1. The average Bonchev–Trinajstić information content (AvgIpc) is 3.57. The Balaban J connectivity index is 1.32. The molecule has 0 unspecified atom stereocenters. The molecular formula is C30H21N3O3. The molecular weight excluding hydrogens is 450 g/mol. The molecule has 6 heteroatoms. The molecule has 0 aliphatic rings. The standard InChI is InChI=1S/C30H21N3O3/c34-30(33-22-9-3-1-4-10-22)28-16-21(19-35-28)26-18-32-29-25(26)15-20(17-31-29)24-13-7-8-14-27(24)36-23-11-5-2-6-12-23/h1-19H,(H,31,32)(H,33,34). The van der Waals surface area contributed by atoms with Crippen LogP contribution in [0, 0.1) is 0 Å². The van der Waals surface area contributed by atoms with E-state index < -0.39 is 0 Å². The molecule has 6 rings (SSSR count). The summed E-state index contributed by atoms with van der Waals surface area (Å²) in [6, 6.07) is 30.6. The summed E-state index contributed by atoms with van der Waals surface area (Å²) in [6.45, 7) is 0. The Morgan fingerprint density at radius 1 is 0.833 bits per heavy atom. The SMILES string of the molecule is O=C(Nc1ccccc1)c1cc(-c2c[nH]c3ncc(-c4ccccc4Oc4ccccc4)cc23)co1. The number of para-hydroxylation sites is 3. The Bertz CT molecular complexity index is 1650. The van der Waals surface area contributed by atoms with Gasteiger partial charge in [0.05, 0.1) is 6.26 Å². The zero-order valence-corrected chi connectivity index (χ0v) is 19.1. The van der Waals surface area contributed by atoms with Gasteiger partial charge in [0, 0.05) is 45.7 Å². The number of rotatable bonds is 6. The van der Waals surface area contributed by atoms with E-state index >= 15 is 0 Å². The molecule has 3 aromatic heterocycles. The monoisotopic (exact) mass is 471 g/mol. The van der Waals surface area contributed by atoms with Crippen LogP contribution in [0.2, 0.25) is 0 Å². The lowest BCUT2D eigenvalue weighted by atomic mass is 10.0. The highest BCUT2D eigenvalue weighted by Crippen LogP contribution is 2.36. The Morgan fingerprint density at radius 2 is 1.58 bits per heavy atom. The smallest absolute Gasteiger partial charge is 0.291 e. The van der Waals surface area contributed by atoms with E-state index in [1.165, 1.54) is 0 Å². The number of hydrogen-bond donors (Lipinski definition) is 2. The van der Waals surface area contributed by atoms with Gasteiger partial charge in [-0.3, -0.25) is 4.79 Å². The van der Waals surface area contributed by atoms with Crippen molar-refractivity contribution in [1.82, 2.24) is 9.97 Å². The van der Waals surface area contributed by atoms with Crippen LogP contribution in [0.1, 0.15) is 10.6 Å². The number of benzene rings is 3. The van der Waals surface area contributed by atoms with Gasteiger partial charge in [-0.1, -0.05) is 54.6 Å². The molecule has 0 aliphatic carbocycles.